The molecule has 1 heterocycles. The molecule has 0 spiro atoms. The molecule has 3 N–H and O–H groups in total. The molecule has 0 aliphatic carbocycles. The van der Waals surface area contributed by atoms with Gasteiger partial charge < -0.3 is 15.8 Å². The Kier molecular flexibility index (Phi) is 5.48. The summed E-state index contributed by atoms with van der Waals surface area (Å²) < 4.78 is 5.36. The van der Waals surface area contributed by atoms with Gasteiger partial charge in [-0.1, -0.05) is 17.7 Å². The number of primary amides is 1. The zero-order chi connectivity index (χ0) is 16.3. The number of ether oxygens (including phenoxy) is 1. The van der Waals surface area contributed by atoms with E-state index in [0.717, 1.165) is 10.6 Å². The number of benzene rings is 1. The minimum atomic E-state index is -0.515. The van der Waals surface area contributed by atoms with Gasteiger partial charge in [-0.25, -0.2) is 0 Å². The summed E-state index contributed by atoms with van der Waals surface area (Å²) in [4.78, 5) is 11.9. The van der Waals surface area contributed by atoms with Gasteiger partial charge in [0.1, 0.15) is 0 Å². The summed E-state index contributed by atoms with van der Waals surface area (Å²) in [6.07, 6.45) is 1.34. The zero-order valence-electron chi connectivity index (χ0n) is 13.5. The number of carbonyl (C=O) groups excluding carboxylic acids is 1. The van der Waals surface area contributed by atoms with E-state index in [1.165, 1.54) is 11.1 Å². The van der Waals surface area contributed by atoms with Crippen LogP contribution in [0.3, 0.4) is 0 Å². The Bertz CT molecular complexity index is 554. The lowest BCUT2D eigenvalue weighted by Crippen LogP contribution is -2.48. The third kappa shape index (κ3) is 3.62. The summed E-state index contributed by atoms with van der Waals surface area (Å²) in [7, 11) is 0. The molecule has 22 heavy (non-hydrogen) atoms. The lowest BCUT2D eigenvalue weighted by atomic mass is 9.79. The number of hydrogen-bond donors (Lipinski definition) is 2. The van der Waals surface area contributed by atoms with E-state index in [1.807, 2.05) is 13.0 Å². The van der Waals surface area contributed by atoms with Crippen molar-refractivity contribution in [2.45, 2.75) is 39.7 Å². The van der Waals surface area contributed by atoms with Crippen molar-refractivity contribution in [1.82, 2.24) is 5.32 Å². The zero-order valence-corrected chi connectivity index (χ0v) is 14.3. The van der Waals surface area contributed by atoms with Gasteiger partial charge in [-0.15, -0.1) is 0 Å². The minimum Gasteiger partial charge on any atom is -0.381 e. The quantitative estimate of drug-likeness (QED) is 0.875. The van der Waals surface area contributed by atoms with Crippen LogP contribution in [0.4, 0.5) is 0 Å². The monoisotopic (exact) mass is 324 g/mol. The number of nitrogens with one attached hydrogen (secondary N) is 1. The third-order valence-corrected chi connectivity index (χ3v) is 5.13. The SMILES string of the molecule is Cc1cc(Cl)c(C(C)NCC2(C(N)=O)CCOCC2)cc1C. The van der Waals surface area contributed by atoms with Crippen LogP contribution in [0.1, 0.15) is 42.5 Å². The second kappa shape index (κ2) is 6.99. The van der Waals surface area contributed by atoms with Gasteiger partial charge in [0.15, 0.2) is 0 Å². The molecular formula is C17H25ClN2O2. The molecule has 122 valence electrons. The fourth-order valence-electron chi connectivity index (χ4n) is 2.87. The van der Waals surface area contributed by atoms with Crippen LogP contribution in [0, 0.1) is 19.3 Å². The van der Waals surface area contributed by atoms with E-state index in [9.17, 15) is 4.79 Å². The highest BCUT2D eigenvalue weighted by molar-refractivity contribution is 6.31. The standard InChI is InChI=1S/C17H25ClN2O2/c1-11-8-14(15(18)9-12(11)2)13(3)20-10-17(16(19)21)4-6-22-7-5-17/h8-9,13,20H,4-7,10H2,1-3H3,(H2,19,21). The van der Waals surface area contributed by atoms with Crippen molar-refractivity contribution in [2.75, 3.05) is 19.8 Å². The summed E-state index contributed by atoms with van der Waals surface area (Å²) in [6.45, 7) is 7.91. The molecule has 1 aliphatic heterocycles. The van der Waals surface area contributed by atoms with Crippen molar-refractivity contribution in [3.63, 3.8) is 0 Å². The number of aryl methyl sites for hydroxylation is 2. The van der Waals surface area contributed by atoms with Crippen molar-refractivity contribution in [3.05, 3.63) is 33.8 Å². The number of nitrogens with two attached hydrogens (primary N) is 1. The Balaban J connectivity index is 2.10. The maximum atomic E-state index is 11.9. The first-order valence-corrected chi connectivity index (χ1v) is 8.11. The fourth-order valence-corrected chi connectivity index (χ4v) is 3.25. The first kappa shape index (κ1) is 17.3. The van der Waals surface area contributed by atoms with Gasteiger partial charge in [-0.05, 0) is 56.4 Å². The largest absolute Gasteiger partial charge is 0.381 e. The lowest BCUT2D eigenvalue weighted by Gasteiger charge is -2.35. The fraction of sp³-hybridized carbons (Fsp3) is 0.588. The van der Waals surface area contributed by atoms with Gasteiger partial charge >= 0.3 is 0 Å². The average molecular weight is 325 g/mol. The maximum Gasteiger partial charge on any atom is 0.225 e. The Hall–Kier alpha value is -1.10. The molecule has 1 aliphatic rings. The average Bonchev–Trinajstić information content (AvgIpc) is 2.49. The van der Waals surface area contributed by atoms with E-state index in [-0.39, 0.29) is 11.9 Å². The van der Waals surface area contributed by atoms with Gasteiger partial charge in [-0.2, -0.15) is 0 Å². The number of rotatable bonds is 5. The van der Waals surface area contributed by atoms with Crippen LogP contribution in [0.25, 0.3) is 0 Å². The molecule has 1 saturated heterocycles. The third-order valence-electron chi connectivity index (χ3n) is 4.80. The normalized spacial score (nSPS) is 18.9. The molecule has 1 aromatic carbocycles. The predicted molar refractivity (Wildman–Crippen MR) is 89.0 cm³/mol. The lowest BCUT2D eigenvalue weighted by molar-refractivity contribution is -0.133. The summed E-state index contributed by atoms with van der Waals surface area (Å²) in [5.74, 6) is -0.248. The van der Waals surface area contributed by atoms with Gasteiger partial charge in [0.2, 0.25) is 5.91 Å². The highest BCUT2D eigenvalue weighted by Gasteiger charge is 2.38. The summed E-state index contributed by atoms with van der Waals surface area (Å²) in [5, 5.41) is 4.19. The molecular weight excluding hydrogens is 300 g/mol. The Labute approximate surface area is 137 Å². The van der Waals surface area contributed by atoms with Crippen LogP contribution < -0.4 is 11.1 Å². The molecule has 5 heteroatoms. The van der Waals surface area contributed by atoms with Crippen LogP contribution in [0.5, 0.6) is 0 Å². The van der Waals surface area contributed by atoms with Crippen LogP contribution in [0.2, 0.25) is 5.02 Å². The number of halogens is 1. The van der Waals surface area contributed by atoms with Crippen molar-refractivity contribution in [1.29, 1.82) is 0 Å². The minimum absolute atomic E-state index is 0.0610. The molecule has 0 radical (unpaired) electrons. The van der Waals surface area contributed by atoms with E-state index < -0.39 is 5.41 Å². The molecule has 0 bridgehead atoms. The second-order valence-electron chi connectivity index (χ2n) is 6.32. The molecule has 0 saturated carbocycles. The topological polar surface area (TPSA) is 64.3 Å². The van der Waals surface area contributed by atoms with Crippen molar-refractivity contribution in [3.8, 4) is 0 Å². The molecule has 1 amide bonds. The highest BCUT2D eigenvalue weighted by Crippen LogP contribution is 2.31. The molecule has 2 rings (SSSR count). The number of carbonyl (C=O) groups is 1. The van der Waals surface area contributed by atoms with Gasteiger partial charge in [-0.3, -0.25) is 4.79 Å². The maximum absolute atomic E-state index is 11.9. The summed E-state index contributed by atoms with van der Waals surface area (Å²) in [6, 6.07) is 4.16. The first-order chi connectivity index (χ1) is 10.4. The molecule has 1 atom stereocenters. The van der Waals surface area contributed by atoms with Crippen molar-refractivity contribution >= 4 is 17.5 Å². The predicted octanol–water partition coefficient (Wildman–Crippen LogP) is 2.89. The Morgan fingerprint density at radius 2 is 1.95 bits per heavy atom. The van der Waals surface area contributed by atoms with Crippen LogP contribution in [-0.4, -0.2) is 25.7 Å². The number of amides is 1. The van der Waals surface area contributed by atoms with Gasteiger partial charge in [0.05, 0.1) is 5.41 Å². The first-order valence-electron chi connectivity index (χ1n) is 7.73. The van der Waals surface area contributed by atoms with E-state index in [1.54, 1.807) is 0 Å². The molecule has 4 nitrogen and oxygen atoms in total. The van der Waals surface area contributed by atoms with Crippen molar-refractivity contribution < 1.29 is 9.53 Å². The Morgan fingerprint density at radius 1 is 1.36 bits per heavy atom. The van der Waals surface area contributed by atoms with E-state index in [2.05, 4.69) is 25.2 Å². The van der Waals surface area contributed by atoms with Crippen LogP contribution in [0.15, 0.2) is 12.1 Å². The highest BCUT2D eigenvalue weighted by atomic mass is 35.5. The molecule has 0 aromatic heterocycles. The second-order valence-corrected chi connectivity index (χ2v) is 6.72. The Morgan fingerprint density at radius 3 is 2.55 bits per heavy atom. The van der Waals surface area contributed by atoms with Gasteiger partial charge in [0.25, 0.3) is 0 Å². The van der Waals surface area contributed by atoms with Crippen molar-refractivity contribution in [2.24, 2.45) is 11.1 Å². The van der Waals surface area contributed by atoms with Crippen LogP contribution in [-0.2, 0) is 9.53 Å². The van der Waals surface area contributed by atoms with E-state index in [0.29, 0.717) is 32.6 Å². The molecule has 1 aromatic rings. The smallest absolute Gasteiger partial charge is 0.225 e. The van der Waals surface area contributed by atoms with Gasteiger partial charge in [0, 0.05) is 30.8 Å². The molecule has 1 fully saturated rings. The van der Waals surface area contributed by atoms with E-state index in [4.69, 9.17) is 22.1 Å². The summed E-state index contributed by atoms with van der Waals surface area (Å²) in [5.41, 5.74) is 8.57. The molecule has 1 unspecified atom stereocenters. The number of hydrogen-bond acceptors (Lipinski definition) is 3. The van der Waals surface area contributed by atoms with E-state index >= 15 is 0 Å². The van der Waals surface area contributed by atoms with Crippen LogP contribution >= 0.6 is 11.6 Å². The summed E-state index contributed by atoms with van der Waals surface area (Å²) >= 11 is 6.36.